The summed E-state index contributed by atoms with van der Waals surface area (Å²) in [5.74, 6) is -0.209. The Hall–Kier alpha value is -3.20. The van der Waals surface area contributed by atoms with Gasteiger partial charge in [0.2, 0.25) is 0 Å². The Kier molecular flexibility index (Phi) is 5.82. The van der Waals surface area contributed by atoms with Gasteiger partial charge >= 0.3 is 0 Å². The third-order valence-electron chi connectivity index (χ3n) is 4.19. The molecule has 0 fully saturated rings. The summed E-state index contributed by atoms with van der Waals surface area (Å²) >= 11 is 5.12. The number of nitro groups is 1. The number of benzene rings is 2. The van der Waals surface area contributed by atoms with Crippen LogP contribution in [0.5, 0.6) is 0 Å². The summed E-state index contributed by atoms with van der Waals surface area (Å²) in [6.45, 7) is 1.06. The van der Waals surface area contributed by atoms with E-state index in [0.29, 0.717) is 5.69 Å². The maximum Gasteiger partial charge on any atom is 0.269 e. The Morgan fingerprint density at radius 3 is 2.63 bits per heavy atom. The molecule has 2 aromatic rings. The van der Waals surface area contributed by atoms with E-state index in [0.717, 1.165) is 25.1 Å². The molecule has 9 heteroatoms. The van der Waals surface area contributed by atoms with E-state index < -0.39 is 4.92 Å². The van der Waals surface area contributed by atoms with E-state index in [4.69, 9.17) is 12.2 Å². The second-order valence-corrected chi connectivity index (χ2v) is 6.49. The van der Waals surface area contributed by atoms with E-state index in [2.05, 4.69) is 22.2 Å². The van der Waals surface area contributed by atoms with Crippen LogP contribution < -0.4 is 21.1 Å². The Labute approximate surface area is 161 Å². The molecule has 140 valence electrons. The van der Waals surface area contributed by atoms with E-state index >= 15 is 0 Å². The van der Waals surface area contributed by atoms with Gasteiger partial charge in [0.05, 0.1) is 11.5 Å². The Morgan fingerprint density at radius 2 is 1.89 bits per heavy atom. The van der Waals surface area contributed by atoms with Crippen molar-refractivity contribution in [1.29, 1.82) is 0 Å². The quantitative estimate of drug-likeness (QED) is 0.422. The maximum absolute atomic E-state index is 12.2. The molecule has 0 saturated heterocycles. The van der Waals surface area contributed by atoms with Crippen molar-refractivity contribution < 1.29 is 9.72 Å². The fraction of sp³-hybridized carbons (Fsp3) is 0.222. The van der Waals surface area contributed by atoms with E-state index in [1.807, 2.05) is 23.1 Å². The standard InChI is InChI=1S/C18H19N5O3S/c24-17(12-22-11-3-5-13-4-1-2-6-16(13)22)20-21-18(27)19-14-7-9-15(10-8-14)23(25)26/h1-2,4,6-10H,3,5,11-12H2,(H,20,24)(H2,19,21,27). The van der Waals surface area contributed by atoms with Gasteiger partial charge in [-0.1, -0.05) is 18.2 Å². The average Bonchev–Trinajstić information content (AvgIpc) is 2.67. The minimum Gasteiger partial charge on any atom is -0.362 e. The van der Waals surface area contributed by atoms with Crippen molar-refractivity contribution in [2.45, 2.75) is 12.8 Å². The molecule has 0 aromatic heterocycles. The highest BCUT2D eigenvalue weighted by atomic mass is 32.1. The molecule has 0 atom stereocenters. The average molecular weight is 385 g/mol. The molecule has 1 amide bonds. The van der Waals surface area contributed by atoms with Gasteiger partial charge in [-0.25, -0.2) is 0 Å². The molecule has 1 aliphatic rings. The molecule has 0 saturated carbocycles. The van der Waals surface area contributed by atoms with Gasteiger partial charge < -0.3 is 10.2 Å². The topological polar surface area (TPSA) is 99.5 Å². The van der Waals surface area contributed by atoms with Crippen LogP contribution in [0.15, 0.2) is 48.5 Å². The van der Waals surface area contributed by atoms with E-state index in [1.54, 1.807) is 12.1 Å². The highest BCUT2D eigenvalue weighted by molar-refractivity contribution is 7.80. The molecule has 3 N–H and O–H groups in total. The molecule has 1 heterocycles. The van der Waals surface area contributed by atoms with Crippen molar-refractivity contribution >= 4 is 40.3 Å². The minimum absolute atomic E-state index is 0.00505. The lowest BCUT2D eigenvalue weighted by atomic mass is 10.0. The number of nitrogens with zero attached hydrogens (tertiary/aromatic N) is 2. The monoisotopic (exact) mass is 385 g/mol. The molecular weight excluding hydrogens is 366 g/mol. The minimum atomic E-state index is -0.473. The molecule has 8 nitrogen and oxygen atoms in total. The van der Waals surface area contributed by atoms with Crippen molar-refractivity contribution in [3.05, 3.63) is 64.2 Å². The number of nitrogens with one attached hydrogen (secondary N) is 3. The van der Waals surface area contributed by atoms with Gasteiger partial charge in [-0.15, -0.1) is 0 Å². The number of rotatable bonds is 4. The number of fused-ring (bicyclic) bond motifs is 1. The lowest BCUT2D eigenvalue weighted by Crippen LogP contribution is -2.48. The van der Waals surface area contributed by atoms with Crippen molar-refractivity contribution in [3.63, 3.8) is 0 Å². The van der Waals surface area contributed by atoms with Crippen LogP contribution in [0.3, 0.4) is 0 Å². The second kappa shape index (κ2) is 8.45. The van der Waals surface area contributed by atoms with Crippen molar-refractivity contribution in [2.24, 2.45) is 0 Å². The van der Waals surface area contributed by atoms with Crippen LogP contribution in [0.2, 0.25) is 0 Å². The third kappa shape index (κ3) is 4.91. The number of non-ortho nitro benzene ring substituents is 1. The summed E-state index contributed by atoms with van der Waals surface area (Å²) < 4.78 is 0. The SMILES string of the molecule is O=C(CN1CCCc2ccccc21)NNC(=S)Nc1ccc([N+](=O)[O-])cc1. The molecule has 2 aromatic carbocycles. The van der Waals surface area contributed by atoms with Crippen LogP contribution in [0, 0.1) is 10.1 Å². The van der Waals surface area contributed by atoms with E-state index in [-0.39, 0.29) is 23.3 Å². The van der Waals surface area contributed by atoms with Gasteiger partial charge in [0.15, 0.2) is 5.11 Å². The van der Waals surface area contributed by atoms with E-state index in [9.17, 15) is 14.9 Å². The number of anilines is 2. The Bertz CT molecular complexity index is 856. The summed E-state index contributed by atoms with van der Waals surface area (Å²) in [6, 6.07) is 13.9. The van der Waals surface area contributed by atoms with Gasteiger partial charge in [-0.05, 0) is 48.8 Å². The van der Waals surface area contributed by atoms with Crippen molar-refractivity contribution in [1.82, 2.24) is 10.9 Å². The largest absolute Gasteiger partial charge is 0.362 e. The molecule has 0 spiro atoms. The Morgan fingerprint density at radius 1 is 1.15 bits per heavy atom. The molecule has 0 radical (unpaired) electrons. The van der Waals surface area contributed by atoms with Gasteiger partial charge in [0.1, 0.15) is 0 Å². The predicted octanol–water partition coefficient (Wildman–Crippen LogP) is 2.37. The number of hydrazine groups is 1. The maximum atomic E-state index is 12.2. The first-order valence-corrected chi connectivity index (χ1v) is 8.87. The van der Waals surface area contributed by atoms with Gasteiger partial charge in [0, 0.05) is 30.1 Å². The molecular formula is C18H19N5O3S. The number of hydrogen-bond donors (Lipinski definition) is 3. The molecule has 0 bridgehead atoms. The molecule has 27 heavy (non-hydrogen) atoms. The van der Waals surface area contributed by atoms with Crippen LogP contribution in [0.1, 0.15) is 12.0 Å². The first kappa shape index (κ1) is 18.6. The number of carbonyl (C=O) groups excluding carboxylic acids is 1. The number of hydrogen-bond acceptors (Lipinski definition) is 5. The third-order valence-corrected chi connectivity index (χ3v) is 4.40. The Balaban J connectivity index is 1.48. The smallest absolute Gasteiger partial charge is 0.269 e. The van der Waals surface area contributed by atoms with Crippen LogP contribution in [-0.2, 0) is 11.2 Å². The zero-order chi connectivity index (χ0) is 19.2. The highest BCUT2D eigenvalue weighted by Gasteiger charge is 2.18. The molecule has 0 unspecified atom stereocenters. The zero-order valence-corrected chi connectivity index (χ0v) is 15.3. The van der Waals surface area contributed by atoms with Crippen molar-refractivity contribution in [3.8, 4) is 0 Å². The summed E-state index contributed by atoms with van der Waals surface area (Å²) in [7, 11) is 0. The van der Waals surface area contributed by atoms with Gasteiger partial charge in [-0.3, -0.25) is 25.8 Å². The summed E-state index contributed by atoms with van der Waals surface area (Å²) in [4.78, 5) is 24.4. The predicted molar refractivity (Wildman–Crippen MR) is 108 cm³/mol. The van der Waals surface area contributed by atoms with Crippen LogP contribution in [-0.4, -0.2) is 29.0 Å². The van der Waals surface area contributed by atoms with Gasteiger partial charge in [-0.2, -0.15) is 0 Å². The zero-order valence-electron chi connectivity index (χ0n) is 14.5. The second-order valence-electron chi connectivity index (χ2n) is 6.09. The lowest BCUT2D eigenvalue weighted by molar-refractivity contribution is -0.384. The number of thiocarbonyl (C=S) groups is 1. The fourth-order valence-electron chi connectivity index (χ4n) is 2.94. The summed E-state index contributed by atoms with van der Waals surface area (Å²) in [6.07, 6.45) is 2.04. The highest BCUT2D eigenvalue weighted by Crippen LogP contribution is 2.26. The number of para-hydroxylation sites is 1. The summed E-state index contributed by atoms with van der Waals surface area (Å²) in [5.41, 5.74) is 8.12. The van der Waals surface area contributed by atoms with Crippen LogP contribution in [0.4, 0.5) is 17.1 Å². The molecule has 3 rings (SSSR count). The van der Waals surface area contributed by atoms with Crippen LogP contribution in [0.25, 0.3) is 0 Å². The number of amides is 1. The fourth-order valence-corrected chi connectivity index (χ4v) is 3.11. The number of nitro benzene ring substituents is 1. The summed E-state index contributed by atoms with van der Waals surface area (Å²) in [5, 5.41) is 13.7. The normalized spacial score (nSPS) is 12.7. The molecule has 1 aliphatic heterocycles. The molecule has 0 aliphatic carbocycles. The van der Waals surface area contributed by atoms with Crippen molar-refractivity contribution in [2.75, 3.05) is 23.3 Å². The van der Waals surface area contributed by atoms with E-state index in [1.165, 1.54) is 17.7 Å². The lowest BCUT2D eigenvalue weighted by Gasteiger charge is -2.30. The number of aryl methyl sites for hydroxylation is 1. The number of carbonyl (C=O) groups is 1. The van der Waals surface area contributed by atoms with Crippen LogP contribution >= 0.6 is 12.2 Å². The first-order valence-electron chi connectivity index (χ1n) is 8.46. The van der Waals surface area contributed by atoms with Gasteiger partial charge in [0.25, 0.3) is 11.6 Å². The first-order chi connectivity index (χ1) is 13.0.